The molecule has 0 aliphatic rings. The molecular formula is C15H22N4. The van der Waals surface area contributed by atoms with Crippen LogP contribution in [0.15, 0.2) is 24.3 Å². The zero-order chi connectivity index (χ0) is 14.0. The second-order valence-corrected chi connectivity index (χ2v) is 5.15. The fourth-order valence-electron chi connectivity index (χ4n) is 2.17. The predicted molar refractivity (Wildman–Crippen MR) is 83.2 cm³/mol. The van der Waals surface area contributed by atoms with Gasteiger partial charge in [-0.2, -0.15) is 0 Å². The number of pyridine rings is 1. The van der Waals surface area contributed by atoms with Crippen LogP contribution in [-0.2, 0) is 6.54 Å². The lowest BCUT2D eigenvalue weighted by Crippen LogP contribution is -2.13. The van der Waals surface area contributed by atoms with Gasteiger partial charge in [0.15, 0.2) is 0 Å². The van der Waals surface area contributed by atoms with Crippen molar-refractivity contribution in [3.63, 3.8) is 0 Å². The number of hydrogen-bond donors (Lipinski definition) is 1. The molecular weight excluding hydrogens is 236 g/mol. The largest absolute Gasteiger partial charge is 0.378 e. The van der Waals surface area contributed by atoms with Crippen LogP contribution >= 0.6 is 0 Å². The van der Waals surface area contributed by atoms with Gasteiger partial charge >= 0.3 is 0 Å². The summed E-state index contributed by atoms with van der Waals surface area (Å²) in [5, 5.41) is 4.35. The molecule has 0 aliphatic carbocycles. The molecule has 0 amide bonds. The Bertz CT molecular complexity index is 576. The molecule has 0 unspecified atom stereocenters. The Kier molecular flexibility index (Phi) is 3.90. The van der Waals surface area contributed by atoms with Crippen molar-refractivity contribution in [2.24, 2.45) is 0 Å². The minimum Gasteiger partial charge on any atom is -0.378 e. The molecule has 2 aromatic rings. The van der Waals surface area contributed by atoms with Crippen molar-refractivity contribution in [3.8, 4) is 0 Å². The molecule has 0 spiro atoms. The van der Waals surface area contributed by atoms with Gasteiger partial charge in [-0.25, -0.2) is 0 Å². The maximum absolute atomic E-state index is 4.70. The SMILES string of the molecule is CNCc1cc(N(C)C)c2cc(N(C)C)ccc2n1. The molecule has 2 rings (SSSR count). The Morgan fingerprint density at radius 3 is 2.37 bits per heavy atom. The summed E-state index contributed by atoms with van der Waals surface area (Å²) in [5.41, 5.74) is 4.51. The zero-order valence-electron chi connectivity index (χ0n) is 12.4. The Morgan fingerprint density at radius 2 is 1.79 bits per heavy atom. The van der Waals surface area contributed by atoms with Gasteiger partial charge in [0.1, 0.15) is 0 Å². The summed E-state index contributed by atoms with van der Waals surface area (Å²) < 4.78 is 0. The smallest absolute Gasteiger partial charge is 0.0728 e. The van der Waals surface area contributed by atoms with Crippen LogP contribution in [0.2, 0.25) is 0 Å². The summed E-state index contributed by atoms with van der Waals surface area (Å²) in [4.78, 5) is 8.95. The van der Waals surface area contributed by atoms with Crippen LogP contribution in [0.3, 0.4) is 0 Å². The number of nitrogens with zero attached hydrogens (tertiary/aromatic N) is 3. The first-order chi connectivity index (χ1) is 9.02. The quantitative estimate of drug-likeness (QED) is 0.910. The molecule has 0 radical (unpaired) electrons. The highest BCUT2D eigenvalue weighted by Gasteiger charge is 2.09. The number of benzene rings is 1. The molecule has 0 aliphatic heterocycles. The summed E-state index contributed by atoms with van der Waals surface area (Å²) >= 11 is 0. The van der Waals surface area contributed by atoms with Crippen LogP contribution in [-0.4, -0.2) is 40.2 Å². The van der Waals surface area contributed by atoms with Crippen molar-refractivity contribution < 1.29 is 0 Å². The summed E-state index contributed by atoms with van der Waals surface area (Å²) in [7, 11) is 10.2. The molecule has 1 N–H and O–H groups in total. The number of hydrogen-bond acceptors (Lipinski definition) is 4. The van der Waals surface area contributed by atoms with E-state index in [9.17, 15) is 0 Å². The van der Waals surface area contributed by atoms with Gasteiger partial charge in [0.05, 0.1) is 11.2 Å². The molecule has 19 heavy (non-hydrogen) atoms. The van der Waals surface area contributed by atoms with Crippen molar-refractivity contribution in [2.45, 2.75) is 6.54 Å². The lowest BCUT2D eigenvalue weighted by atomic mass is 10.1. The van der Waals surface area contributed by atoms with Crippen LogP contribution in [0.5, 0.6) is 0 Å². The highest BCUT2D eigenvalue weighted by atomic mass is 15.1. The van der Waals surface area contributed by atoms with Crippen molar-refractivity contribution in [1.29, 1.82) is 0 Å². The highest BCUT2D eigenvalue weighted by molar-refractivity contribution is 5.94. The number of fused-ring (bicyclic) bond motifs is 1. The van der Waals surface area contributed by atoms with Crippen LogP contribution in [0.1, 0.15) is 5.69 Å². The van der Waals surface area contributed by atoms with Crippen molar-refractivity contribution >= 4 is 22.3 Å². The van der Waals surface area contributed by atoms with E-state index in [1.165, 1.54) is 16.8 Å². The maximum atomic E-state index is 4.70. The average Bonchev–Trinajstić information content (AvgIpc) is 2.37. The standard InChI is InChI=1S/C15H22N4/c1-16-10-11-8-15(19(4)5)13-9-12(18(2)3)6-7-14(13)17-11/h6-9,16H,10H2,1-5H3. The fraction of sp³-hybridized carbons (Fsp3) is 0.400. The minimum atomic E-state index is 0.784. The predicted octanol–water partition coefficient (Wildman–Crippen LogP) is 2.09. The van der Waals surface area contributed by atoms with E-state index in [1.807, 2.05) is 7.05 Å². The Labute approximate surface area is 115 Å². The van der Waals surface area contributed by atoms with Crippen LogP contribution in [0, 0.1) is 0 Å². The van der Waals surface area contributed by atoms with Crippen LogP contribution < -0.4 is 15.1 Å². The van der Waals surface area contributed by atoms with Gasteiger partial charge in [-0.1, -0.05) is 0 Å². The summed E-state index contributed by atoms with van der Waals surface area (Å²) in [6.07, 6.45) is 0. The van der Waals surface area contributed by atoms with Crippen molar-refractivity contribution in [2.75, 3.05) is 45.0 Å². The first kappa shape index (κ1) is 13.6. The topological polar surface area (TPSA) is 31.4 Å². The second kappa shape index (κ2) is 5.45. The van der Waals surface area contributed by atoms with Crippen LogP contribution in [0.4, 0.5) is 11.4 Å². The molecule has 0 saturated carbocycles. The monoisotopic (exact) mass is 258 g/mol. The third-order valence-electron chi connectivity index (χ3n) is 3.18. The van der Waals surface area contributed by atoms with E-state index in [0.717, 1.165) is 17.8 Å². The van der Waals surface area contributed by atoms with Gasteiger partial charge in [0.2, 0.25) is 0 Å². The minimum absolute atomic E-state index is 0.784. The second-order valence-electron chi connectivity index (χ2n) is 5.15. The normalized spacial score (nSPS) is 10.8. The zero-order valence-corrected chi connectivity index (χ0v) is 12.4. The average molecular weight is 258 g/mol. The van der Waals surface area contributed by atoms with E-state index < -0.39 is 0 Å². The molecule has 4 heteroatoms. The first-order valence-corrected chi connectivity index (χ1v) is 6.46. The van der Waals surface area contributed by atoms with E-state index in [4.69, 9.17) is 4.98 Å². The van der Waals surface area contributed by atoms with Gasteiger partial charge in [0, 0.05) is 51.5 Å². The number of rotatable bonds is 4. The fourth-order valence-corrected chi connectivity index (χ4v) is 2.17. The molecule has 1 heterocycles. The van der Waals surface area contributed by atoms with E-state index >= 15 is 0 Å². The van der Waals surface area contributed by atoms with Gasteiger partial charge < -0.3 is 15.1 Å². The molecule has 4 nitrogen and oxygen atoms in total. The van der Waals surface area contributed by atoms with Gasteiger partial charge in [-0.05, 0) is 31.3 Å². The Balaban J connectivity index is 2.65. The Hall–Kier alpha value is -1.81. The molecule has 0 bridgehead atoms. The van der Waals surface area contributed by atoms with Gasteiger partial charge in [0.25, 0.3) is 0 Å². The van der Waals surface area contributed by atoms with E-state index in [1.54, 1.807) is 0 Å². The summed E-state index contributed by atoms with van der Waals surface area (Å²) in [6, 6.07) is 8.55. The molecule has 0 saturated heterocycles. The van der Waals surface area contributed by atoms with E-state index in [-0.39, 0.29) is 0 Å². The summed E-state index contributed by atoms with van der Waals surface area (Å²) in [6.45, 7) is 0.784. The first-order valence-electron chi connectivity index (χ1n) is 6.46. The molecule has 1 aromatic heterocycles. The molecule has 0 atom stereocenters. The van der Waals surface area contributed by atoms with Crippen molar-refractivity contribution in [3.05, 3.63) is 30.0 Å². The van der Waals surface area contributed by atoms with Crippen LogP contribution in [0.25, 0.3) is 10.9 Å². The third-order valence-corrected chi connectivity index (χ3v) is 3.18. The third kappa shape index (κ3) is 2.79. The summed E-state index contributed by atoms with van der Waals surface area (Å²) in [5.74, 6) is 0. The Morgan fingerprint density at radius 1 is 1.05 bits per heavy atom. The highest BCUT2D eigenvalue weighted by Crippen LogP contribution is 2.28. The lowest BCUT2D eigenvalue weighted by molar-refractivity contribution is 0.795. The lowest BCUT2D eigenvalue weighted by Gasteiger charge is -2.19. The molecule has 0 fully saturated rings. The maximum Gasteiger partial charge on any atom is 0.0728 e. The number of nitrogens with one attached hydrogen (secondary N) is 1. The van der Waals surface area contributed by atoms with Gasteiger partial charge in [-0.15, -0.1) is 0 Å². The van der Waals surface area contributed by atoms with Crippen molar-refractivity contribution in [1.82, 2.24) is 10.3 Å². The number of aromatic nitrogens is 1. The van der Waals surface area contributed by atoms with E-state index in [2.05, 4.69) is 67.6 Å². The molecule has 102 valence electrons. The van der Waals surface area contributed by atoms with E-state index in [0.29, 0.717) is 0 Å². The molecule has 1 aromatic carbocycles. The van der Waals surface area contributed by atoms with Gasteiger partial charge in [-0.3, -0.25) is 4.98 Å². The number of anilines is 2.